The summed E-state index contributed by atoms with van der Waals surface area (Å²) in [5.74, 6) is -0.875. The van der Waals surface area contributed by atoms with Crippen LogP contribution in [0.3, 0.4) is 0 Å². The van der Waals surface area contributed by atoms with Crippen LogP contribution in [0.15, 0.2) is 18.3 Å². The van der Waals surface area contributed by atoms with E-state index >= 15 is 0 Å². The van der Waals surface area contributed by atoms with Crippen LogP contribution in [0.4, 0.5) is 10.2 Å². The van der Waals surface area contributed by atoms with Crippen molar-refractivity contribution in [3.05, 3.63) is 23.9 Å². The molecule has 0 aliphatic heterocycles. The summed E-state index contributed by atoms with van der Waals surface area (Å²) in [5, 5.41) is 0. The molecule has 0 saturated carbocycles. The lowest BCUT2D eigenvalue weighted by atomic mass is 10.0. The number of anilines is 1. The van der Waals surface area contributed by atoms with Gasteiger partial charge in [-0.15, -0.1) is 0 Å². The minimum absolute atomic E-state index is 0.106. The highest BCUT2D eigenvalue weighted by Gasteiger charge is 2.29. The number of pyridine rings is 1. The number of esters is 1. The zero-order valence-electron chi connectivity index (χ0n) is 8.89. The molecule has 88 valence electrons. The van der Waals surface area contributed by atoms with E-state index in [2.05, 4.69) is 9.72 Å². The van der Waals surface area contributed by atoms with Crippen molar-refractivity contribution in [2.75, 3.05) is 12.3 Å². The van der Waals surface area contributed by atoms with Crippen LogP contribution in [0.5, 0.6) is 0 Å². The lowest BCUT2D eigenvalue weighted by Gasteiger charge is -2.16. The van der Waals surface area contributed by atoms with Gasteiger partial charge in [0.25, 0.3) is 0 Å². The maximum Gasteiger partial charge on any atom is 0.342 e. The number of nitrogen functional groups attached to an aromatic ring is 1. The minimum atomic E-state index is -1.94. The van der Waals surface area contributed by atoms with Crippen LogP contribution < -0.4 is 11.5 Å². The second-order valence-corrected chi connectivity index (χ2v) is 3.16. The van der Waals surface area contributed by atoms with Crippen LogP contribution >= 0.6 is 0 Å². The Labute approximate surface area is 92.6 Å². The summed E-state index contributed by atoms with van der Waals surface area (Å²) in [6.45, 7) is 1.70. The number of alkyl halides is 1. The molecule has 2 atom stereocenters. The molecule has 1 rings (SSSR count). The van der Waals surface area contributed by atoms with Crippen LogP contribution in [-0.4, -0.2) is 23.7 Å². The van der Waals surface area contributed by atoms with Gasteiger partial charge >= 0.3 is 5.97 Å². The number of carbonyl (C=O) groups is 1. The molecule has 0 aromatic carbocycles. The van der Waals surface area contributed by atoms with Gasteiger partial charge in [-0.1, -0.05) is 6.07 Å². The van der Waals surface area contributed by atoms with Crippen LogP contribution in [-0.2, 0) is 9.53 Å². The van der Waals surface area contributed by atoms with Gasteiger partial charge in [-0.25, -0.2) is 14.2 Å². The number of rotatable bonds is 4. The van der Waals surface area contributed by atoms with Gasteiger partial charge in [0, 0.05) is 11.8 Å². The third kappa shape index (κ3) is 2.66. The summed E-state index contributed by atoms with van der Waals surface area (Å²) in [7, 11) is 0. The molecule has 16 heavy (non-hydrogen) atoms. The van der Waals surface area contributed by atoms with Crippen LogP contribution in [0.1, 0.15) is 18.5 Å². The lowest BCUT2D eigenvalue weighted by Crippen LogP contribution is -2.32. The predicted molar refractivity (Wildman–Crippen MR) is 57.1 cm³/mol. The van der Waals surface area contributed by atoms with E-state index in [4.69, 9.17) is 11.5 Å². The number of halogens is 1. The van der Waals surface area contributed by atoms with Gasteiger partial charge in [0.05, 0.1) is 12.6 Å². The molecular formula is C10H14FN3O2. The second kappa shape index (κ2) is 5.41. The minimum Gasteiger partial charge on any atom is -0.464 e. The number of ether oxygens (including phenoxy) is 1. The van der Waals surface area contributed by atoms with Crippen molar-refractivity contribution in [3.63, 3.8) is 0 Å². The topological polar surface area (TPSA) is 91.2 Å². The van der Waals surface area contributed by atoms with E-state index in [9.17, 15) is 9.18 Å². The fourth-order valence-electron chi connectivity index (χ4n) is 1.24. The first-order valence-corrected chi connectivity index (χ1v) is 4.84. The molecular weight excluding hydrogens is 213 g/mol. The second-order valence-electron chi connectivity index (χ2n) is 3.16. The molecule has 1 unspecified atom stereocenters. The molecule has 0 bridgehead atoms. The summed E-state index contributed by atoms with van der Waals surface area (Å²) in [6, 6.07) is 1.94. The van der Waals surface area contributed by atoms with Gasteiger partial charge in [-0.3, -0.25) is 0 Å². The van der Waals surface area contributed by atoms with Crippen molar-refractivity contribution in [2.45, 2.75) is 19.1 Å². The highest BCUT2D eigenvalue weighted by atomic mass is 19.1. The average Bonchev–Trinajstić information content (AvgIpc) is 2.28. The summed E-state index contributed by atoms with van der Waals surface area (Å²) in [5.41, 5.74) is 11.4. The van der Waals surface area contributed by atoms with Crippen molar-refractivity contribution in [3.8, 4) is 0 Å². The standard InChI is InChI=1S/C10H14FN3O2/c1-2-16-10(15)7(11)8(12)6-4-3-5-14-9(6)13/h3-5,7-8H,2,12H2,1H3,(H2,13,14)/t7?,8-/m0/s1. The fourth-order valence-corrected chi connectivity index (χ4v) is 1.24. The Balaban J connectivity index is 2.82. The number of hydrogen-bond acceptors (Lipinski definition) is 5. The number of carbonyl (C=O) groups excluding carboxylic acids is 1. The normalized spacial score (nSPS) is 14.2. The molecule has 0 saturated heterocycles. The van der Waals surface area contributed by atoms with Crippen molar-refractivity contribution in [2.24, 2.45) is 5.73 Å². The van der Waals surface area contributed by atoms with E-state index in [1.165, 1.54) is 12.3 Å². The maximum absolute atomic E-state index is 13.6. The summed E-state index contributed by atoms with van der Waals surface area (Å²) < 4.78 is 18.1. The summed E-state index contributed by atoms with van der Waals surface area (Å²) >= 11 is 0. The van der Waals surface area contributed by atoms with E-state index < -0.39 is 18.2 Å². The van der Waals surface area contributed by atoms with Crippen LogP contribution in [0.2, 0.25) is 0 Å². The first-order chi connectivity index (χ1) is 7.57. The van der Waals surface area contributed by atoms with Gasteiger partial charge in [-0.2, -0.15) is 0 Å². The van der Waals surface area contributed by atoms with E-state index in [1.54, 1.807) is 13.0 Å². The Morgan fingerprint density at radius 3 is 2.94 bits per heavy atom. The molecule has 0 fully saturated rings. The molecule has 1 aromatic heterocycles. The van der Waals surface area contributed by atoms with Gasteiger partial charge in [0.1, 0.15) is 5.82 Å². The predicted octanol–water partition coefficient (Wildman–Crippen LogP) is 0.565. The number of hydrogen-bond donors (Lipinski definition) is 2. The Morgan fingerprint density at radius 2 is 2.38 bits per heavy atom. The SMILES string of the molecule is CCOC(=O)C(F)[C@@H](N)c1cccnc1N. The van der Waals surface area contributed by atoms with Gasteiger partial charge < -0.3 is 16.2 Å². The molecule has 5 nitrogen and oxygen atoms in total. The molecule has 4 N–H and O–H groups in total. The Kier molecular flexibility index (Phi) is 4.19. The van der Waals surface area contributed by atoms with Crippen molar-refractivity contribution in [1.82, 2.24) is 4.98 Å². The van der Waals surface area contributed by atoms with E-state index in [-0.39, 0.29) is 12.4 Å². The van der Waals surface area contributed by atoms with Crippen molar-refractivity contribution >= 4 is 11.8 Å². The largest absolute Gasteiger partial charge is 0.464 e. The van der Waals surface area contributed by atoms with Crippen LogP contribution in [0.25, 0.3) is 0 Å². The Bertz CT molecular complexity index is 373. The van der Waals surface area contributed by atoms with Crippen LogP contribution in [0, 0.1) is 0 Å². The van der Waals surface area contributed by atoms with Gasteiger partial charge in [0.15, 0.2) is 0 Å². The fraction of sp³-hybridized carbons (Fsp3) is 0.400. The summed E-state index contributed by atoms with van der Waals surface area (Å²) in [4.78, 5) is 14.9. The van der Waals surface area contributed by atoms with Gasteiger partial charge in [0.2, 0.25) is 6.17 Å². The van der Waals surface area contributed by atoms with Crippen molar-refractivity contribution < 1.29 is 13.9 Å². The highest BCUT2D eigenvalue weighted by molar-refractivity contribution is 5.76. The molecule has 0 spiro atoms. The highest BCUT2D eigenvalue weighted by Crippen LogP contribution is 2.21. The van der Waals surface area contributed by atoms with Crippen molar-refractivity contribution in [1.29, 1.82) is 0 Å². The molecule has 0 aliphatic rings. The zero-order chi connectivity index (χ0) is 12.1. The lowest BCUT2D eigenvalue weighted by molar-refractivity contribution is -0.149. The van der Waals surface area contributed by atoms with Gasteiger partial charge in [-0.05, 0) is 13.0 Å². The van der Waals surface area contributed by atoms with E-state index in [1.807, 2.05) is 0 Å². The Morgan fingerprint density at radius 1 is 1.69 bits per heavy atom. The monoisotopic (exact) mass is 227 g/mol. The molecule has 0 aliphatic carbocycles. The molecule has 1 heterocycles. The molecule has 6 heteroatoms. The third-order valence-electron chi connectivity index (χ3n) is 2.06. The Hall–Kier alpha value is -1.69. The summed E-state index contributed by atoms with van der Waals surface area (Å²) in [6.07, 6.45) is -0.477. The average molecular weight is 227 g/mol. The number of nitrogens with zero attached hydrogens (tertiary/aromatic N) is 1. The molecule has 0 amide bonds. The smallest absolute Gasteiger partial charge is 0.342 e. The number of aromatic nitrogens is 1. The first-order valence-electron chi connectivity index (χ1n) is 4.84. The number of nitrogens with two attached hydrogens (primary N) is 2. The molecule has 1 aromatic rings. The van der Waals surface area contributed by atoms with E-state index in [0.29, 0.717) is 5.56 Å². The third-order valence-corrected chi connectivity index (χ3v) is 2.06. The molecule has 0 radical (unpaired) electrons. The van der Waals surface area contributed by atoms with E-state index in [0.717, 1.165) is 0 Å². The maximum atomic E-state index is 13.6. The zero-order valence-corrected chi connectivity index (χ0v) is 8.89. The quantitative estimate of drug-likeness (QED) is 0.733. The first kappa shape index (κ1) is 12.4.